The van der Waals surface area contributed by atoms with Crippen molar-refractivity contribution in [1.29, 1.82) is 0 Å². The first-order valence-corrected chi connectivity index (χ1v) is 9.70. The van der Waals surface area contributed by atoms with Gasteiger partial charge in [0.15, 0.2) is 5.11 Å². The van der Waals surface area contributed by atoms with Gasteiger partial charge in [-0.25, -0.2) is 0 Å². The minimum atomic E-state index is 0.669. The van der Waals surface area contributed by atoms with Crippen LogP contribution in [0.3, 0.4) is 0 Å². The predicted octanol–water partition coefficient (Wildman–Crippen LogP) is 4.85. The third-order valence-corrected chi connectivity index (χ3v) is 4.84. The van der Waals surface area contributed by atoms with Crippen LogP contribution in [0.25, 0.3) is 0 Å². The SMILES string of the molecule is S=C(NCCc1ccc(Cl)cc1)N(Cc1ccccc1)Cc1ccccn1. The molecule has 1 heterocycles. The van der Waals surface area contributed by atoms with Crippen LogP contribution in [0, 0.1) is 0 Å². The highest BCUT2D eigenvalue weighted by Gasteiger charge is 2.11. The molecule has 5 heteroatoms. The maximum Gasteiger partial charge on any atom is 0.169 e. The Morgan fingerprint density at radius 2 is 1.63 bits per heavy atom. The van der Waals surface area contributed by atoms with Crippen molar-refractivity contribution in [1.82, 2.24) is 15.2 Å². The minimum Gasteiger partial charge on any atom is -0.362 e. The Morgan fingerprint density at radius 3 is 2.33 bits per heavy atom. The van der Waals surface area contributed by atoms with Gasteiger partial charge in [-0.1, -0.05) is 60.1 Å². The van der Waals surface area contributed by atoms with Crippen LogP contribution in [0.1, 0.15) is 16.8 Å². The normalized spacial score (nSPS) is 10.4. The molecule has 2 aromatic carbocycles. The first kappa shape index (κ1) is 19.3. The molecule has 0 atom stereocenters. The predicted molar refractivity (Wildman–Crippen MR) is 116 cm³/mol. The van der Waals surface area contributed by atoms with Crippen molar-refractivity contribution in [3.05, 3.63) is 101 Å². The van der Waals surface area contributed by atoms with Crippen molar-refractivity contribution >= 4 is 28.9 Å². The van der Waals surface area contributed by atoms with Crippen LogP contribution in [0.4, 0.5) is 0 Å². The van der Waals surface area contributed by atoms with Crippen LogP contribution in [0.2, 0.25) is 5.02 Å². The second kappa shape index (κ2) is 10.0. The van der Waals surface area contributed by atoms with E-state index in [1.807, 2.05) is 66.9 Å². The van der Waals surface area contributed by atoms with Gasteiger partial charge in [0.1, 0.15) is 0 Å². The van der Waals surface area contributed by atoms with Crippen molar-refractivity contribution in [2.75, 3.05) is 6.54 Å². The van der Waals surface area contributed by atoms with Crippen LogP contribution < -0.4 is 5.32 Å². The standard InChI is InChI=1S/C22H22ClN3S/c23-20-11-9-18(10-12-20)13-15-25-22(27)26(16-19-6-2-1-3-7-19)17-21-8-4-5-14-24-21/h1-12,14H,13,15-17H2,(H,25,27). The number of benzene rings is 2. The molecule has 3 rings (SSSR count). The largest absolute Gasteiger partial charge is 0.362 e. The first-order chi connectivity index (χ1) is 13.2. The molecule has 0 unspecified atom stereocenters. The number of thiocarbonyl (C=S) groups is 1. The molecule has 1 N–H and O–H groups in total. The summed E-state index contributed by atoms with van der Waals surface area (Å²) in [4.78, 5) is 6.58. The van der Waals surface area contributed by atoms with Crippen LogP contribution in [0.5, 0.6) is 0 Å². The van der Waals surface area contributed by atoms with E-state index in [4.69, 9.17) is 23.8 Å². The van der Waals surface area contributed by atoms with Crippen LogP contribution in [-0.2, 0) is 19.5 Å². The molecule has 3 aromatic rings. The molecular weight excluding hydrogens is 374 g/mol. The van der Waals surface area contributed by atoms with Gasteiger partial charge in [0.25, 0.3) is 0 Å². The van der Waals surface area contributed by atoms with Gasteiger partial charge in [0.2, 0.25) is 0 Å². The molecule has 0 saturated carbocycles. The number of hydrogen-bond acceptors (Lipinski definition) is 2. The fraction of sp³-hybridized carbons (Fsp3) is 0.182. The van der Waals surface area contributed by atoms with Crippen molar-refractivity contribution in [2.45, 2.75) is 19.5 Å². The Labute approximate surface area is 171 Å². The van der Waals surface area contributed by atoms with E-state index >= 15 is 0 Å². The monoisotopic (exact) mass is 395 g/mol. The zero-order valence-corrected chi connectivity index (χ0v) is 16.6. The van der Waals surface area contributed by atoms with E-state index in [0.29, 0.717) is 6.54 Å². The molecule has 0 aliphatic heterocycles. The smallest absolute Gasteiger partial charge is 0.169 e. The number of aromatic nitrogens is 1. The number of hydrogen-bond donors (Lipinski definition) is 1. The van der Waals surface area contributed by atoms with Crippen molar-refractivity contribution in [3.63, 3.8) is 0 Å². The zero-order valence-electron chi connectivity index (χ0n) is 15.0. The van der Waals surface area contributed by atoms with Gasteiger partial charge in [-0.3, -0.25) is 4.98 Å². The van der Waals surface area contributed by atoms with Gasteiger partial charge < -0.3 is 10.2 Å². The Kier molecular flexibility index (Phi) is 7.19. The summed E-state index contributed by atoms with van der Waals surface area (Å²) in [5.74, 6) is 0. The van der Waals surface area contributed by atoms with Gasteiger partial charge in [-0.05, 0) is 54.0 Å². The number of nitrogens with zero attached hydrogens (tertiary/aromatic N) is 2. The Balaban J connectivity index is 1.61. The summed E-state index contributed by atoms with van der Waals surface area (Å²) in [5, 5.41) is 4.87. The Morgan fingerprint density at radius 1 is 0.889 bits per heavy atom. The third kappa shape index (κ3) is 6.35. The second-order valence-electron chi connectivity index (χ2n) is 6.27. The van der Waals surface area contributed by atoms with Crippen LogP contribution >= 0.6 is 23.8 Å². The van der Waals surface area contributed by atoms with Gasteiger partial charge in [-0.15, -0.1) is 0 Å². The molecule has 27 heavy (non-hydrogen) atoms. The molecule has 0 aliphatic carbocycles. The number of pyridine rings is 1. The minimum absolute atomic E-state index is 0.669. The van der Waals surface area contributed by atoms with E-state index in [-0.39, 0.29) is 0 Å². The second-order valence-corrected chi connectivity index (χ2v) is 7.09. The lowest BCUT2D eigenvalue weighted by Gasteiger charge is -2.26. The van der Waals surface area contributed by atoms with Crippen LogP contribution in [0.15, 0.2) is 79.0 Å². The molecule has 1 aromatic heterocycles. The number of halogens is 1. The quantitative estimate of drug-likeness (QED) is 0.578. The summed E-state index contributed by atoms with van der Waals surface area (Å²) in [6, 6.07) is 24.2. The molecule has 0 bridgehead atoms. The molecular formula is C22H22ClN3S. The van der Waals surface area contributed by atoms with Gasteiger partial charge in [0.05, 0.1) is 12.2 Å². The molecule has 0 spiro atoms. The first-order valence-electron chi connectivity index (χ1n) is 8.92. The van der Waals surface area contributed by atoms with Crippen molar-refractivity contribution < 1.29 is 0 Å². The number of rotatable bonds is 7. The highest BCUT2D eigenvalue weighted by molar-refractivity contribution is 7.80. The molecule has 0 fully saturated rings. The topological polar surface area (TPSA) is 28.2 Å². The Bertz CT molecular complexity index is 797. The molecule has 0 saturated heterocycles. The maximum absolute atomic E-state index is 5.94. The average molecular weight is 396 g/mol. The zero-order chi connectivity index (χ0) is 18.9. The van der Waals surface area contributed by atoms with E-state index in [9.17, 15) is 0 Å². The van der Waals surface area contributed by atoms with Gasteiger partial charge >= 0.3 is 0 Å². The van der Waals surface area contributed by atoms with Crippen molar-refractivity contribution in [2.24, 2.45) is 0 Å². The lowest BCUT2D eigenvalue weighted by atomic mass is 10.1. The highest BCUT2D eigenvalue weighted by Crippen LogP contribution is 2.11. The summed E-state index contributed by atoms with van der Waals surface area (Å²) in [5.41, 5.74) is 3.44. The van der Waals surface area contributed by atoms with E-state index < -0.39 is 0 Å². The molecule has 138 valence electrons. The summed E-state index contributed by atoms with van der Waals surface area (Å²) in [6.07, 6.45) is 2.70. The van der Waals surface area contributed by atoms with Crippen LogP contribution in [-0.4, -0.2) is 21.5 Å². The maximum atomic E-state index is 5.94. The lowest BCUT2D eigenvalue weighted by Crippen LogP contribution is -2.39. The van der Waals surface area contributed by atoms with E-state index in [1.54, 1.807) is 0 Å². The summed E-state index contributed by atoms with van der Waals surface area (Å²) >= 11 is 11.6. The molecule has 0 amide bonds. The summed E-state index contributed by atoms with van der Waals surface area (Å²) in [7, 11) is 0. The van der Waals surface area contributed by atoms with E-state index in [1.165, 1.54) is 11.1 Å². The third-order valence-electron chi connectivity index (χ3n) is 4.19. The Hall–Kier alpha value is -2.43. The fourth-order valence-corrected chi connectivity index (χ4v) is 3.12. The molecule has 0 aliphatic rings. The highest BCUT2D eigenvalue weighted by atomic mass is 35.5. The van der Waals surface area contributed by atoms with Crippen molar-refractivity contribution in [3.8, 4) is 0 Å². The lowest BCUT2D eigenvalue weighted by molar-refractivity contribution is 0.394. The fourth-order valence-electron chi connectivity index (χ4n) is 2.77. The average Bonchev–Trinajstić information content (AvgIpc) is 2.70. The molecule has 0 radical (unpaired) electrons. The summed E-state index contributed by atoms with van der Waals surface area (Å²) < 4.78 is 0. The van der Waals surface area contributed by atoms with Gasteiger partial charge in [0, 0.05) is 24.3 Å². The van der Waals surface area contributed by atoms with E-state index in [0.717, 1.165) is 35.3 Å². The van der Waals surface area contributed by atoms with E-state index in [2.05, 4.69) is 27.3 Å². The number of nitrogens with one attached hydrogen (secondary N) is 1. The van der Waals surface area contributed by atoms with Gasteiger partial charge in [-0.2, -0.15) is 0 Å². The summed E-state index contributed by atoms with van der Waals surface area (Å²) in [6.45, 7) is 2.18. The molecule has 3 nitrogen and oxygen atoms in total.